The summed E-state index contributed by atoms with van der Waals surface area (Å²) < 4.78 is 7.25. The molecule has 0 aromatic heterocycles. The van der Waals surface area contributed by atoms with Crippen LogP contribution in [0.5, 0.6) is 0 Å². The lowest BCUT2D eigenvalue weighted by atomic mass is 9.79. The molecule has 3 rings (SSSR count). The van der Waals surface area contributed by atoms with Gasteiger partial charge in [-0.25, -0.2) is 0 Å². The van der Waals surface area contributed by atoms with E-state index in [4.69, 9.17) is 4.74 Å². The van der Waals surface area contributed by atoms with Crippen molar-refractivity contribution >= 4 is 15.9 Å². The third-order valence-electron chi connectivity index (χ3n) is 3.89. The fourth-order valence-electron chi connectivity index (χ4n) is 3.16. The van der Waals surface area contributed by atoms with Crippen LogP contribution in [0.15, 0.2) is 63.9 Å². The van der Waals surface area contributed by atoms with Gasteiger partial charge in [0.25, 0.3) is 0 Å². The molecule has 0 radical (unpaired) electrons. The van der Waals surface area contributed by atoms with Crippen LogP contribution in [-0.4, -0.2) is 5.60 Å². The Morgan fingerprint density at radius 2 is 1.90 bits per heavy atom. The Morgan fingerprint density at radius 3 is 2.60 bits per heavy atom. The van der Waals surface area contributed by atoms with Gasteiger partial charge in [0.1, 0.15) is 11.4 Å². The monoisotopic (exact) mass is 330 g/mol. The van der Waals surface area contributed by atoms with Crippen molar-refractivity contribution in [3.8, 4) is 0 Å². The SMILES string of the molecule is CC1=CC(C)(C)OC2=C1[C@@H](c1ccc(Br)cc1)CC=C2. The molecule has 0 spiro atoms. The van der Waals surface area contributed by atoms with Crippen molar-refractivity contribution in [2.45, 2.75) is 38.7 Å². The van der Waals surface area contributed by atoms with Crippen molar-refractivity contribution in [2.75, 3.05) is 0 Å². The van der Waals surface area contributed by atoms with Crippen LogP contribution in [0.3, 0.4) is 0 Å². The molecule has 0 fully saturated rings. The minimum absolute atomic E-state index is 0.213. The molecule has 1 aromatic carbocycles. The van der Waals surface area contributed by atoms with Crippen LogP contribution >= 0.6 is 15.9 Å². The Kier molecular flexibility index (Phi) is 3.37. The van der Waals surface area contributed by atoms with Crippen molar-refractivity contribution in [2.24, 2.45) is 0 Å². The largest absolute Gasteiger partial charge is 0.483 e. The van der Waals surface area contributed by atoms with Crippen molar-refractivity contribution < 1.29 is 4.74 Å². The number of rotatable bonds is 1. The van der Waals surface area contributed by atoms with E-state index in [2.05, 4.69) is 79.2 Å². The summed E-state index contributed by atoms with van der Waals surface area (Å²) in [6, 6.07) is 8.62. The predicted octanol–water partition coefficient (Wildman–Crippen LogP) is 5.50. The van der Waals surface area contributed by atoms with E-state index in [1.165, 1.54) is 16.7 Å². The van der Waals surface area contributed by atoms with Crippen LogP contribution in [0, 0.1) is 0 Å². The molecule has 20 heavy (non-hydrogen) atoms. The first kappa shape index (κ1) is 13.7. The van der Waals surface area contributed by atoms with E-state index in [-0.39, 0.29) is 5.60 Å². The van der Waals surface area contributed by atoms with Crippen LogP contribution < -0.4 is 0 Å². The maximum absolute atomic E-state index is 6.13. The lowest BCUT2D eigenvalue weighted by molar-refractivity contribution is 0.0777. The smallest absolute Gasteiger partial charge is 0.124 e. The molecular weight excluding hydrogens is 312 g/mol. The van der Waals surface area contributed by atoms with E-state index in [0.29, 0.717) is 5.92 Å². The van der Waals surface area contributed by atoms with Crippen LogP contribution in [0.25, 0.3) is 0 Å². The van der Waals surface area contributed by atoms with Gasteiger partial charge in [-0.1, -0.05) is 34.1 Å². The second kappa shape index (κ2) is 4.92. The van der Waals surface area contributed by atoms with Gasteiger partial charge in [-0.2, -0.15) is 0 Å². The van der Waals surface area contributed by atoms with Gasteiger partial charge in [0.2, 0.25) is 0 Å². The molecular formula is C18H19BrO. The summed E-state index contributed by atoms with van der Waals surface area (Å²) in [4.78, 5) is 0. The molecule has 0 unspecified atom stereocenters. The maximum atomic E-state index is 6.13. The summed E-state index contributed by atoms with van der Waals surface area (Å²) in [5.74, 6) is 1.43. The topological polar surface area (TPSA) is 9.23 Å². The van der Waals surface area contributed by atoms with Crippen LogP contribution in [0.1, 0.15) is 38.7 Å². The Morgan fingerprint density at radius 1 is 1.20 bits per heavy atom. The molecule has 0 saturated carbocycles. The van der Waals surface area contributed by atoms with Gasteiger partial charge >= 0.3 is 0 Å². The molecule has 1 atom stereocenters. The number of halogens is 1. The van der Waals surface area contributed by atoms with E-state index < -0.39 is 0 Å². The van der Waals surface area contributed by atoms with Gasteiger partial charge < -0.3 is 4.74 Å². The average Bonchev–Trinajstić information content (AvgIpc) is 2.37. The number of hydrogen-bond donors (Lipinski definition) is 0. The lowest BCUT2D eigenvalue weighted by Crippen LogP contribution is -2.28. The van der Waals surface area contributed by atoms with Crippen LogP contribution in [0.4, 0.5) is 0 Å². The van der Waals surface area contributed by atoms with E-state index in [1.54, 1.807) is 0 Å². The zero-order valence-corrected chi connectivity index (χ0v) is 13.7. The highest BCUT2D eigenvalue weighted by molar-refractivity contribution is 9.10. The zero-order chi connectivity index (χ0) is 14.3. The summed E-state index contributed by atoms with van der Waals surface area (Å²) in [5, 5.41) is 0. The summed E-state index contributed by atoms with van der Waals surface area (Å²) in [7, 11) is 0. The first-order valence-corrected chi connectivity index (χ1v) is 7.80. The molecule has 0 bridgehead atoms. The summed E-state index contributed by atoms with van der Waals surface area (Å²) in [6.07, 6.45) is 7.62. The van der Waals surface area contributed by atoms with Gasteiger partial charge in [0.15, 0.2) is 0 Å². The highest BCUT2D eigenvalue weighted by Crippen LogP contribution is 2.43. The zero-order valence-electron chi connectivity index (χ0n) is 12.1. The molecule has 2 aliphatic rings. The van der Waals surface area contributed by atoms with Gasteiger partial charge in [-0.05, 0) is 62.6 Å². The highest BCUT2D eigenvalue weighted by atomic mass is 79.9. The normalized spacial score (nSPS) is 24.0. The predicted molar refractivity (Wildman–Crippen MR) is 86.6 cm³/mol. The Labute approximate surface area is 129 Å². The Hall–Kier alpha value is -1.28. The fourth-order valence-corrected chi connectivity index (χ4v) is 3.42. The molecule has 1 heterocycles. The summed E-state index contributed by atoms with van der Waals surface area (Å²) >= 11 is 3.50. The van der Waals surface area contributed by atoms with E-state index in [9.17, 15) is 0 Å². The van der Waals surface area contributed by atoms with E-state index >= 15 is 0 Å². The number of hydrogen-bond acceptors (Lipinski definition) is 1. The molecule has 1 aliphatic carbocycles. The quantitative estimate of drug-likeness (QED) is 0.660. The molecule has 0 amide bonds. The third kappa shape index (κ3) is 2.49. The Bertz CT molecular complexity index is 617. The van der Waals surface area contributed by atoms with Crippen molar-refractivity contribution in [3.63, 3.8) is 0 Å². The standard InChI is InChI=1S/C18H19BrO/c1-12-11-18(2,3)20-16-6-4-5-15(17(12)16)13-7-9-14(19)10-8-13/h4,6-11,15H,5H2,1-3H3/t15-/m1/s1. The molecule has 0 saturated heterocycles. The molecule has 104 valence electrons. The van der Waals surface area contributed by atoms with Crippen LogP contribution in [0.2, 0.25) is 0 Å². The fraction of sp³-hybridized carbons (Fsp3) is 0.333. The first-order valence-electron chi connectivity index (χ1n) is 7.01. The van der Waals surface area contributed by atoms with Gasteiger partial charge in [-0.3, -0.25) is 0 Å². The highest BCUT2D eigenvalue weighted by Gasteiger charge is 2.31. The molecule has 1 aliphatic heterocycles. The summed E-state index contributed by atoms with van der Waals surface area (Å²) in [5.41, 5.74) is 3.82. The minimum Gasteiger partial charge on any atom is -0.483 e. The molecule has 1 aromatic rings. The number of allylic oxidation sites excluding steroid dienone is 4. The van der Waals surface area contributed by atoms with Crippen molar-refractivity contribution in [1.29, 1.82) is 0 Å². The van der Waals surface area contributed by atoms with E-state index in [0.717, 1.165) is 16.7 Å². The molecule has 0 N–H and O–H groups in total. The number of benzene rings is 1. The van der Waals surface area contributed by atoms with Gasteiger partial charge in [0.05, 0.1) is 0 Å². The van der Waals surface area contributed by atoms with E-state index in [1.807, 2.05) is 0 Å². The maximum Gasteiger partial charge on any atom is 0.124 e. The average molecular weight is 331 g/mol. The van der Waals surface area contributed by atoms with Gasteiger partial charge in [0, 0.05) is 16.0 Å². The van der Waals surface area contributed by atoms with Crippen molar-refractivity contribution in [3.05, 3.63) is 69.4 Å². The first-order chi connectivity index (χ1) is 9.46. The second-order valence-electron chi connectivity index (χ2n) is 6.05. The van der Waals surface area contributed by atoms with Crippen LogP contribution in [-0.2, 0) is 4.74 Å². The van der Waals surface area contributed by atoms with Crippen molar-refractivity contribution in [1.82, 2.24) is 0 Å². The number of ether oxygens (including phenoxy) is 1. The third-order valence-corrected chi connectivity index (χ3v) is 4.42. The summed E-state index contributed by atoms with van der Waals surface area (Å²) in [6.45, 7) is 6.42. The lowest BCUT2D eigenvalue weighted by Gasteiger charge is -2.36. The molecule has 1 nitrogen and oxygen atoms in total. The Balaban J connectivity index is 2.03. The minimum atomic E-state index is -0.213. The van der Waals surface area contributed by atoms with Gasteiger partial charge in [-0.15, -0.1) is 0 Å². The molecule has 2 heteroatoms. The second-order valence-corrected chi connectivity index (χ2v) is 6.97.